The highest BCUT2D eigenvalue weighted by atomic mass is 15.2. The van der Waals surface area contributed by atoms with E-state index in [4.69, 9.17) is 19.9 Å². The number of para-hydroxylation sites is 6. The van der Waals surface area contributed by atoms with Crippen LogP contribution in [0.25, 0.3) is 156 Å². The van der Waals surface area contributed by atoms with Crippen LogP contribution in [0.4, 0.5) is 68.2 Å². The Labute approximate surface area is 846 Å². The molecular weight excluding hydrogens is 1760 g/mol. The summed E-state index contributed by atoms with van der Waals surface area (Å²) in [6.07, 6.45) is 0. The van der Waals surface area contributed by atoms with Crippen molar-refractivity contribution in [1.82, 2.24) is 29.1 Å². The lowest BCUT2D eigenvalue weighted by molar-refractivity contribution is 1.17. The second kappa shape index (κ2) is 38.2. The number of hydrogen-bond donors (Lipinski definition) is 0. The summed E-state index contributed by atoms with van der Waals surface area (Å²) in [6, 6.07) is 178. The van der Waals surface area contributed by atoms with Gasteiger partial charge < -0.3 is 28.7 Å². The van der Waals surface area contributed by atoms with E-state index in [9.17, 15) is 0 Å². The number of anilines is 12. The maximum Gasteiger partial charge on any atom is 0.160 e. The lowest BCUT2D eigenvalue weighted by Crippen LogP contribution is -2.10. The molecule has 0 saturated heterocycles. The molecule has 0 atom stereocenters. The summed E-state index contributed by atoms with van der Waals surface area (Å²) in [7, 11) is 0. The van der Waals surface area contributed by atoms with Gasteiger partial charge in [-0.05, 0) is 345 Å². The molecule has 0 aliphatic carbocycles. The van der Waals surface area contributed by atoms with Crippen molar-refractivity contribution >= 4 is 112 Å². The Balaban J connectivity index is 0.568. The quantitative estimate of drug-likeness (QED) is 0.0627. The van der Waals surface area contributed by atoms with Crippen LogP contribution >= 0.6 is 0 Å². The second-order valence-corrected chi connectivity index (χ2v) is 37.7. The van der Waals surface area contributed by atoms with E-state index in [-0.39, 0.29) is 0 Å². The zero-order valence-electron chi connectivity index (χ0n) is 81.7. The van der Waals surface area contributed by atoms with E-state index in [0.717, 1.165) is 230 Å². The highest BCUT2D eigenvalue weighted by Crippen LogP contribution is 2.49. The Morgan fingerprint density at radius 2 is 0.407 bits per heavy atom. The molecule has 0 aliphatic heterocycles. The van der Waals surface area contributed by atoms with Gasteiger partial charge in [0, 0.05) is 135 Å². The van der Waals surface area contributed by atoms with Gasteiger partial charge >= 0.3 is 0 Å². The Morgan fingerprint density at radius 1 is 0.159 bits per heavy atom. The van der Waals surface area contributed by atoms with Crippen molar-refractivity contribution in [3.05, 3.63) is 530 Å². The first-order valence-electron chi connectivity index (χ1n) is 49.6. The van der Waals surface area contributed by atoms with E-state index >= 15 is 0 Å². The van der Waals surface area contributed by atoms with Gasteiger partial charge in [-0.2, -0.15) is 0 Å². The largest absolute Gasteiger partial charge is 0.310 e. The van der Waals surface area contributed by atoms with Gasteiger partial charge in [-0.3, -0.25) is 0 Å². The van der Waals surface area contributed by atoms with Gasteiger partial charge in [0.05, 0.1) is 44.8 Å². The fraction of sp³-hybridized carbons (Fsp3) is 0.0519. The fourth-order valence-electron chi connectivity index (χ4n) is 21.3. The number of nitrogens with zero attached hydrogens (tertiary/aromatic N) is 10. The molecule has 10 nitrogen and oxygen atoms in total. The van der Waals surface area contributed by atoms with Gasteiger partial charge in [0.25, 0.3) is 0 Å². The van der Waals surface area contributed by atoms with Crippen LogP contribution in [-0.2, 0) is 0 Å². The number of benzene rings is 20. The van der Waals surface area contributed by atoms with E-state index in [1.165, 1.54) is 27.8 Å². The number of aryl methyl sites for hydroxylation is 7. The van der Waals surface area contributed by atoms with Gasteiger partial charge in [-0.1, -0.05) is 267 Å². The summed E-state index contributed by atoms with van der Waals surface area (Å²) in [5, 5.41) is 4.50. The normalized spacial score (nSPS) is 11.4. The van der Waals surface area contributed by atoms with Crippen molar-refractivity contribution in [1.29, 1.82) is 0 Å². The van der Waals surface area contributed by atoms with Crippen molar-refractivity contribution in [3.63, 3.8) is 0 Å². The molecular formula is C135H102N10. The molecule has 24 aromatic rings. The van der Waals surface area contributed by atoms with E-state index in [1.54, 1.807) is 0 Å². The highest BCUT2D eigenvalue weighted by molar-refractivity contribution is 6.14. The molecule has 0 aliphatic rings. The maximum absolute atomic E-state index is 5.31. The molecule has 4 aromatic heterocycles. The monoisotopic (exact) mass is 1860 g/mol. The predicted octanol–water partition coefficient (Wildman–Crippen LogP) is 36.5. The number of hydrogen-bond acceptors (Lipinski definition) is 8. The zero-order chi connectivity index (χ0) is 97.7. The molecule has 4 heterocycles. The van der Waals surface area contributed by atoms with Crippen LogP contribution in [0.1, 0.15) is 38.9 Å². The molecule has 0 amide bonds. The van der Waals surface area contributed by atoms with Crippen molar-refractivity contribution in [2.75, 3.05) is 19.6 Å². The van der Waals surface area contributed by atoms with E-state index in [2.05, 4.69) is 569 Å². The van der Waals surface area contributed by atoms with Crippen molar-refractivity contribution in [2.24, 2.45) is 0 Å². The van der Waals surface area contributed by atoms with Crippen LogP contribution in [-0.4, -0.2) is 29.1 Å². The lowest BCUT2D eigenvalue weighted by Gasteiger charge is -2.26. The third-order valence-corrected chi connectivity index (χ3v) is 28.4. The smallest absolute Gasteiger partial charge is 0.160 e. The van der Waals surface area contributed by atoms with E-state index < -0.39 is 0 Å². The van der Waals surface area contributed by atoms with Crippen LogP contribution in [0.2, 0.25) is 0 Å². The van der Waals surface area contributed by atoms with E-state index in [1.807, 2.05) is 0 Å². The Kier molecular flexibility index (Phi) is 23.4. The average Bonchev–Trinajstić information content (AvgIpc) is 1.57. The van der Waals surface area contributed by atoms with Crippen LogP contribution in [0.3, 0.4) is 0 Å². The van der Waals surface area contributed by atoms with Gasteiger partial charge in [-0.25, -0.2) is 19.9 Å². The molecule has 0 radical (unpaired) electrons. The Morgan fingerprint density at radius 3 is 0.717 bits per heavy atom. The number of rotatable bonds is 23. The average molecular weight is 1860 g/mol. The van der Waals surface area contributed by atoms with Crippen molar-refractivity contribution in [3.8, 4) is 113 Å². The predicted molar refractivity (Wildman–Crippen MR) is 607 cm³/mol. The topological polar surface area (TPSA) is 74.4 Å². The van der Waals surface area contributed by atoms with Crippen LogP contribution in [0.5, 0.6) is 0 Å². The Bertz CT molecular complexity index is 8750. The number of fused-ring (bicyclic) bond motifs is 6. The maximum atomic E-state index is 5.31. The molecule has 145 heavy (non-hydrogen) atoms. The standard InChI is InChI=1S/C135H102N10/c1-89-34-26-30-50-117(89)127-87-125(136-134(138-127)119-52-32-28-36-91(119)3)100-62-75-116(93(5)80-100)98-58-67-110(68-59-98)144-129-76-71-112(140(102-38-14-8-15-39-102)103-40-16-9-17-41-103)83-121(129)123-85-114(73-78-130(123)144)142(106-46-22-12-23-47-106)108-63-54-96(55-64-108)97-56-65-109(66-57-97)143(107-48-24-13-25-49-107)115-74-79-132-124(86-115)122-84-113(141(104-42-18-10-19-43-104)105-44-20-11-21-45-105)72-77-131(122)145(132)111-69-60-99(61-70-111)133-94(6)81-101(82-95(133)7)126-88-128(118-51-31-27-35-90(118)2)139-135(137-126)120-53-33-29-37-92(120)4/h8-88H,1-7H3. The minimum atomic E-state index is 0.715. The molecule has 692 valence electrons. The molecule has 0 N–H and O–H groups in total. The van der Waals surface area contributed by atoms with Crippen LogP contribution < -0.4 is 19.6 Å². The van der Waals surface area contributed by atoms with Gasteiger partial charge in [0.1, 0.15) is 0 Å². The first kappa shape index (κ1) is 89.0. The van der Waals surface area contributed by atoms with Crippen molar-refractivity contribution in [2.45, 2.75) is 48.5 Å². The van der Waals surface area contributed by atoms with Crippen LogP contribution in [0, 0.1) is 48.5 Å². The fourth-order valence-corrected chi connectivity index (χ4v) is 21.3. The summed E-state index contributed by atoms with van der Waals surface area (Å²) < 4.78 is 4.87. The molecule has 0 unspecified atom stereocenters. The molecule has 0 fully saturated rings. The molecule has 20 aromatic carbocycles. The van der Waals surface area contributed by atoms with Crippen LogP contribution in [0.15, 0.2) is 491 Å². The summed E-state index contributed by atoms with van der Waals surface area (Å²) in [4.78, 5) is 30.5. The third-order valence-electron chi connectivity index (χ3n) is 28.4. The number of aromatic nitrogens is 6. The first-order valence-corrected chi connectivity index (χ1v) is 49.6. The third kappa shape index (κ3) is 17.1. The molecule has 24 rings (SSSR count). The highest BCUT2D eigenvalue weighted by Gasteiger charge is 2.27. The second-order valence-electron chi connectivity index (χ2n) is 37.7. The minimum absolute atomic E-state index is 0.715. The lowest BCUT2D eigenvalue weighted by atomic mass is 9.92. The Hall–Kier alpha value is -18.6. The van der Waals surface area contributed by atoms with Gasteiger partial charge in [0.2, 0.25) is 0 Å². The zero-order valence-corrected chi connectivity index (χ0v) is 81.7. The summed E-state index contributed by atoms with van der Waals surface area (Å²) >= 11 is 0. The van der Waals surface area contributed by atoms with Crippen molar-refractivity contribution < 1.29 is 0 Å². The minimum Gasteiger partial charge on any atom is -0.310 e. The first-order chi connectivity index (χ1) is 71.3. The van der Waals surface area contributed by atoms with Gasteiger partial charge in [0.15, 0.2) is 11.6 Å². The molecule has 10 heteroatoms. The molecule has 0 saturated carbocycles. The summed E-state index contributed by atoms with van der Waals surface area (Å²) in [5.41, 5.74) is 43.9. The summed E-state index contributed by atoms with van der Waals surface area (Å²) in [6.45, 7) is 15.2. The van der Waals surface area contributed by atoms with E-state index in [0.29, 0.717) is 5.82 Å². The molecule has 0 bridgehead atoms. The van der Waals surface area contributed by atoms with Gasteiger partial charge in [-0.15, -0.1) is 0 Å². The SMILES string of the molecule is Cc1cc(-c2cc(-c3ccccc3C)nc(-c3ccccc3C)n2)ccc1-c1ccc(-n2c3ccc(N(c4ccccc4)c4ccccc4)cc3c3cc(N(c4ccccc4)c4ccc(-c5ccc(N(c6ccccc6)c6ccc7c(c6)c6cc(N(c8ccccc8)c8ccccc8)ccc6n7-c6ccc(-c7c(C)cc(-c8cc(-c9ccccc9C)nc(-c9ccccc9C)n8)cc7C)cc6)cc5)cc4)ccc32)cc1. The molecule has 0 spiro atoms. The summed E-state index contributed by atoms with van der Waals surface area (Å²) in [5.74, 6) is 1.43.